The number of rotatable bonds is 10. The molecular formula is C89H71N11O31. The number of carbonyl (C=O) groups is 12. The Hall–Kier alpha value is -17.0. The summed E-state index contributed by atoms with van der Waals surface area (Å²) in [5.74, 6) is -7.90. The van der Waals surface area contributed by atoms with Crippen LogP contribution in [-0.2, 0) is 16.2 Å². The summed E-state index contributed by atoms with van der Waals surface area (Å²) in [6.45, 7) is 27.6. The van der Waals surface area contributed by atoms with Crippen molar-refractivity contribution < 1.29 is 123 Å². The van der Waals surface area contributed by atoms with Crippen molar-refractivity contribution in [3.63, 3.8) is 0 Å². The largest absolute Gasteiger partial charge is 0.507 e. The number of oxazole rings is 6. The molecular weight excluding hydrogens is 1720 g/mol. The highest BCUT2D eigenvalue weighted by Gasteiger charge is 2.48. The number of nitrogens with zero attached hydrogens (tertiary/aromatic N) is 11. The second-order valence-corrected chi connectivity index (χ2v) is 33.7. The fourth-order valence-electron chi connectivity index (χ4n) is 13.8. The molecule has 0 saturated carbocycles. The average molecular weight is 1790 g/mol. The summed E-state index contributed by atoms with van der Waals surface area (Å²) in [6.07, 6.45) is 0. The van der Waals surface area contributed by atoms with Gasteiger partial charge in [0.25, 0.3) is 57.4 Å². The van der Waals surface area contributed by atoms with E-state index in [0.29, 0.717) is 46.0 Å². The summed E-state index contributed by atoms with van der Waals surface area (Å²) in [5.41, 5.74) is -2.70. The highest BCUT2D eigenvalue weighted by molar-refractivity contribution is 6.56. The molecule has 12 aromatic rings. The molecule has 0 unspecified atom stereocenters. The second kappa shape index (κ2) is 33.7. The molecule has 18 rings (SSSR count). The van der Waals surface area contributed by atoms with Crippen LogP contribution in [-0.4, -0.2) is 143 Å². The number of fused-ring (bicyclic) bond motifs is 18. The number of phenolic OH excluding ortho intramolecular Hbond substituents is 1. The number of benzene rings is 6. The van der Waals surface area contributed by atoms with Crippen molar-refractivity contribution in [1.82, 2.24) is 29.9 Å². The Morgan fingerprint density at radius 3 is 1.02 bits per heavy atom. The number of aromatic hydroxyl groups is 1. The van der Waals surface area contributed by atoms with Gasteiger partial charge in [-0.05, 0) is 30.3 Å². The Balaban J connectivity index is 0.000000134. The molecule has 0 saturated heterocycles. The van der Waals surface area contributed by atoms with Gasteiger partial charge in [0.05, 0.1) is 55.5 Å². The van der Waals surface area contributed by atoms with E-state index >= 15 is 0 Å². The first-order valence-electron chi connectivity index (χ1n) is 39.3. The van der Waals surface area contributed by atoms with Crippen LogP contribution in [0.4, 0.5) is 28.4 Å². The number of aromatic nitrogens is 6. The molecule has 6 aromatic carbocycles. The summed E-state index contributed by atoms with van der Waals surface area (Å²) in [7, 11) is 2.52. The lowest BCUT2D eigenvalue weighted by molar-refractivity contribution is -0.385. The number of nitro benzene ring substituents is 5. The van der Waals surface area contributed by atoms with E-state index in [-0.39, 0.29) is 166 Å². The number of hydrogen-bond donors (Lipinski definition) is 1. The number of ether oxygens (including phenoxy) is 2. The summed E-state index contributed by atoms with van der Waals surface area (Å²) in [5, 5.41) is 65.3. The number of nitro groups is 5. The van der Waals surface area contributed by atoms with Gasteiger partial charge in [-0.25, -0.2) is 29.9 Å². The van der Waals surface area contributed by atoms with Gasteiger partial charge in [-0.2, -0.15) is 0 Å². The number of hydrogen-bond acceptors (Lipinski definition) is 37. The van der Waals surface area contributed by atoms with E-state index in [1.54, 1.807) is 39.0 Å². The molecule has 1 N–H and O–H groups in total. The van der Waals surface area contributed by atoms with Gasteiger partial charge in [-0.15, -0.1) is 0 Å². The first kappa shape index (κ1) is 91.7. The van der Waals surface area contributed by atoms with E-state index < -0.39 is 133 Å². The molecule has 42 nitrogen and oxygen atoms in total. The lowest BCUT2D eigenvalue weighted by Gasteiger charge is -2.15. The molecule has 131 heavy (non-hydrogen) atoms. The summed E-state index contributed by atoms with van der Waals surface area (Å²) in [6, 6.07) is 21.6. The first-order valence-corrected chi connectivity index (χ1v) is 39.3. The SMILES string of the molecule is CC(C)(C)c1nc2c(o1)-c1c([N+](=O)[O-])ccc(O)c1C(=O)C2=O.CC(C)c1nc2c(o1)-c1cc([N+](=O)[O-])ccc1C(=O)C2=O.CC(C)c1nc2c(o1)-c1ccc([N+](=O)[O-])cc1C(=O)C2=O.CC(C)c1nc2c(o1)-c1ccccc1C(=O)C2=O.COc1c([N+](=O)[O-])ccc2c1C(=O)C(=O)c1nc(C(C)(C)C)oc1-2.COc1ccc([N+](=O)[O-])c2c1C(=O)C(=O)c1nc(C(C)(C)C)oc1-2. The van der Waals surface area contributed by atoms with E-state index in [0.717, 1.165) is 18.2 Å². The zero-order valence-corrected chi connectivity index (χ0v) is 72.1. The van der Waals surface area contributed by atoms with Crippen LogP contribution in [0.1, 0.15) is 282 Å². The first-order chi connectivity index (χ1) is 61.3. The van der Waals surface area contributed by atoms with Crippen LogP contribution in [0.25, 0.3) is 67.9 Å². The van der Waals surface area contributed by atoms with Gasteiger partial charge in [-0.1, -0.05) is 128 Å². The lowest BCUT2D eigenvalue weighted by Crippen LogP contribution is -2.22. The molecule has 668 valence electrons. The fraction of sp³-hybridized carbons (Fsp3) is 0.258. The second-order valence-electron chi connectivity index (χ2n) is 33.7. The van der Waals surface area contributed by atoms with E-state index in [9.17, 15) is 113 Å². The molecule has 6 aromatic heterocycles. The Kier molecular flexibility index (Phi) is 23.6. The molecule has 6 heterocycles. The zero-order chi connectivity index (χ0) is 96.2. The minimum atomic E-state index is -1.04. The lowest BCUT2D eigenvalue weighted by atomic mass is 9.89. The number of non-ortho nitro benzene ring substituents is 2. The van der Waals surface area contributed by atoms with Crippen molar-refractivity contribution in [3.05, 3.63) is 251 Å². The summed E-state index contributed by atoms with van der Waals surface area (Å²) < 4.78 is 43.8. The maximum absolute atomic E-state index is 12.5. The molecule has 42 heteroatoms. The minimum Gasteiger partial charge on any atom is -0.507 e. The van der Waals surface area contributed by atoms with Crippen LogP contribution >= 0.6 is 0 Å². The van der Waals surface area contributed by atoms with E-state index in [4.69, 9.17) is 36.0 Å². The van der Waals surface area contributed by atoms with Gasteiger partial charge in [-0.3, -0.25) is 108 Å². The van der Waals surface area contributed by atoms with Crippen LogP contribution in [0.2, 0.25) is 0 Å². The third-order valence-corrected chi connectivity index (χ3v) is 20.4. The van der Waals surface area contributed by atoms with Crippen LogP contribution in [0.3, 0.4) is 0 Å². The zero-order valence-electron chi connectivity index (χ0n) is 72.1. The number of phenols is 1. The highest BCUT2D eigenvalue weighted by Crippen LogP contribution is 2.50. The average Bonchev–Trinajstić information content (AvgIpc) is 1.63. The van der Waals surface area contributed by atoms with Crippen molar-refractivity contribution in [1.29, 1.82) is 0 Å². The van der Waals surface area contributed by atoms with Crippen molar-refractivity contribution in [2.45, 2.75) is 138 Å². The van der Waals surface area contributed by atoms with Gasteiger partial charge in [0.15, 0.2) is 86.4 Å². The minimum absolute atomic E-state index is 0.0202. The molecule has 0 fully saturated rings. The predicted molar refractivity (Wildman–Crippen MR) is 450 cm³/mol. The Morgan fingerprint density at radius 2 is 0.618 bits per heavy atom. The Labute approximate surface area is 735 Å². The normalized spacial score (nSPS) is 13.5. The van der Waals surface area contributed by atoms with Crippen molar-refractivity contribution in [2.75, 3.05) is 14.2 Å². The predicted octanol–water partition coefficient (Wildman–Crippen LogP) is 16.9. The molecule has 0 bridgehead atoms. The van der Waals surface area contributed by atoms with Crippen LogP contribution in [0, 0.1) is 50.6 Å². The Bertz CT molecular complexity index is 7110. The Morgan fingerprint density at radius 1 is 0.305 bits per heavy atom. The molecule has 0 aliphatic heterocycles. The number of ketones is 12. The number of methoxy groups -OCH3 is 2. The smallest absolute Gasteiger partial charge is 0.311 e. The van der Waals surface area contributed by atoms with Crippen LogP contribution in [0.5, 0.6) is 17.2 Å². The fourth-order valence-corrected chi connectivity index (χ4v) is 13.8. The summed E-state index contributed by atoms with van der Waals surface area (Å²) in [4.78, 5) is 223. The molecule has 6 aliphatic rings. The molecule has 0 atom stereocenters. The van der Waals surface area contributed by atoms with E-state index in [2.05, 4.69) is 29.9 Å². The van der Waals surface area contributed by atoms with E-state index in [1.807, 2.05) is 89.2 Å². The maximum atomic E-state index is 12.5. The third-order valence-electron chi connectivity index (χ3n) is 20.4. The standard InChI is InChI=1S/2C16H14N2O6.C15H12N2O6.2C14H10N2O5.C14H11NO3/c1-16(2,3)15-17-10-12(20)11(19)9-7(13(10)24-15)5-6-8(18(21)22)14(9)23-4;1-16(2,3)15-17-11-13(20)12(19)10-8(23-4)6-5-7(18(21)22)9(10)14(11)24-15;1-15(2,3)14-16-10-12(20)11(19)9-7(18)5-4-6(17(21)22)8(9)13(10)23-14;1-6(2)14-15-10-12(18)11(17)9-5-7(16(19)20)3-4-8(9)13(10)21-14;1-6(2)14-15-10-12(18)11(17)8-4-3-7(16(19)20)5-9(8)13(10)21-14;1-7(2)14-15-10-12(17)11(16)8-5-3-4-6-9(8)13(10)18-14/h2*5-6H,1-4H3;4-5,18H,1-3H3;2*3-6H,1-2H3;3-7H,1-2H3. The van der Waals surface area contributed by atoms with E-state index in [1.165, 1.54) is 68.8 Å². The van der Waals surface area contributed by atoms with Crippen molar-refractivity contribution in [3.8, 4) is 85.2 Å². The summed E-state index contributed by atoms with van der Waals surface area (Å²) >= 11 is 0. The third kappa shape index (κ3) is 16.2. The van der Waals surface area contributed by atoms with Gasteiger partial charge in [0, 0.05) is 115 Å². The van der Waals surface area contributed by atoms with Gasteiger partial charge in [0.2, 0.25) is 58.1 Å². The van der Waals surface area contributed by atoms with Gasteiger partial charge >= 0.3 is 5.69 Å². The monoisotopic (exact) mass is 1790 g/mol. The molecule has 6 aliphatic carbocycles. The highest BCUT2D eigenvalue weighted by atomic mass is 16.6. The van der Waals surface area contributed by atoms with Gasteiger partial charge < -0.3 is 41.1 Å². The van der Waals surface area contributed by atoms with Gasteiger partial charge in [0.1, 0.15) is 22.6 Å². The topological polar surface area (TPSA) is 615 Å². The van der Waals surface area contributed by atoms with Crippen LogP contribution < -0.4 is 9.47 Å². The molecule has 0 spiro atoms. The molecule has 0 amide bonds. The van der Waals surface area contributed by atoms with Crippen molar-refractivity contribution >= 4 is 97.8 Å². The van der Waals surface area contributed by atoms with Crippen molar-refractivity contribution in [2.24, 2.45) is 0 Å². The quantitative estimate of drug-likeness (QED) is 0.0754. The number of carbonyl (C=O) groups excluding carboxylic acids is 12. The maximum Gasteiger partial charge on any atom is 0.311 e. The van der Waals surface area contributed by atoms with Crippen LogP contribution in [0.15, 0.2) is 124 Å². The number of Topliss-reactive ketones (excluding diaryl/α,β-unsaturated/α-hetero) is 12. The molecule has 0 radical (unpaired) electrons.